The monoisotopic (exact) mass is 345 g/mol. The molecule has 1 aliphatic rings. The topological polar surface area (TPSA) is 50.5 Å². The van der Waals surface area contributed by atoms with Crippen LogP contribution < -0.4 is 5.63 Å². The van der Waals surface area contributed by atoms with Crippen molar-refractivity contribution >= 4 is 28.6 Å². The van der Waals surface area contributed by atoms with E-state index in [1.54, 1.807) is 17.8 Å². The number of hydrogen-bond donors (Lipinski definition) is 0. The average Bonchev–Trinajstić information content (AvgIpc) is 2.57. The van der Waals surface area contributed by atoms with Gasteiger partial charge in [-0.05, 0) is 61.9 Å². The lowest BCUT2D eigenvalue weighted by Crippen LogP contribution is -2.36. The van der Waals surface area contributed by atoms with E-state index in [-0.39, 0.29) is 11.5 Å². The molecule has 2 heterocycles. The van der Waals surface area contributed by atoms with Crippen LogP contribution in [0.1, 0.15) is 36.0 Å². The first kappa shape index (κ1) is 17.1. The first-order valence-electron chi connectivity index (χ1n) is 8.44. The Morgan fingerprint density at radius 2 is 1.83 bits per heavy atom. The molecular weight excluding hydrogens is 322 g/mol. The van der Waals surface area contributed by atoms with Crippen LogP contribution in [0.25, 0.3) is 11.0 Å². The smallest absolute Gasteiger partial charge is 0.336 e. The Hall–Kier alpha value is -1.75. The van der Waals surface area contributed by atoms with Crippen molar-refractivity contribution in [1.82, 2.24) is 4.90 Å². The number of nitrogens with zero attached hydrogens (tertiary/aromatic N) is 1. The second-order valence-corrected chi connectivity index (χ2v) is 7.44. The molecular formula is C19H23NO3S. The molecule has 1 saturated heterocycles. The molecule has 1 aromatic heterocycles. The molecule has 3 rings (SSSR count). The second kappa shape index (κ2) is 7.43. The Balaban J connectivity index is 1.71. The number of piperidine rings is 1. The molecule has 0 aliphatic carbocycles. The maximum absolute atomic E-state index is 12.2. The van der Waals surface area contributed by atoms with Crippen LogP contribution in [-0.2, 0) is 10.5 Å². The van der Waals surface area contributed by atoms with E-state index in [0.29, 0.717) is 17.1 Å². The summed E-state index contributed by atoms with van der Waals surface area (Å²) in [6.07, 6.45) is 3.44. The summed E-state index contributed by atoms with van der Waals surface area (Å²) in [5.41, 5.74) is 3.52. The summed E-state index contributed by atoms with van der Waals surface area (Å²) in [5.74, 6) is 1.32. The van der Waals surface area contributed by atoms with Crippen LogP contribution in [0.4, 0.5) is 0 Å². The van der Waals surface area contributed by atoms with Crippen molar-refractivity contribution in [3.63, 3.8) is 0 Å². The highest BCUT2D eigenvalue weighted by molar-refractivity contribution is 7.99. The third kappa shape index (κ3) is 3.83. The van der Waals surface area contributed by atoms with Gasteiger partial charge in [-0.2, -0.15) is 0 Å². The summed E-state index contributed by atoms with van der Waals surface area (Å²) in [5, 5.41) is 0.968. The highest BCUT2D eigenvalue weighted by Crippen LogP contribution is 2.25. The van der Waals surface area contributed by atoms with Gasteiger partial charge in [-0.3, -0.25) is 4.79 Å². The van der Waals surface area contributed by atoms with Gasteiger partial charge in [0.2, 0.25) is 5.91 Å². The molecule has 0 bridgehead atoms. The lowest BCUT2D eigenvalue weighted by atomic mass is 10.0. The normalized spacial score (nSPS) is 15.0. The minimum absolute atomic E-state index is 0.207. The van der Waals surface area contributed by atoms with E-state index >= 15 is 0 Å². The van der Waals surface area contributed by atoms with E-state index < -0.39 is 0 Å². The molecule has 1 aliphatic heterocycles. The number of aryl methyl sites for hydroxylation is 2. The van der Waals surface area contributed by atoms with Crippen LogP contribution in [0, 0.1) is 13.8 Å². The summed E-state index contributed by atoms with van der Waals surface area (Å²) in [7, 11) is 0. The lowest BCUT2D eigenvalue weighted by molar-refractivity contribution is -0.129. The fourth-order valence-corrected chi connectivity index (χ4v) is 4.00. The Morgan fingerprint density at radius 1 is 1.12 bits per heavy atom. The summed E-state index contributed by atoms with van der Waals surface area (Å²) in [6.45, 7) is 5.83. The van der Waals surface area contributed by atoms with Gasteiger partial charge in [0.05, 0.1) is 5.75 Å². The molecule has 0 atom stereocenters. The van der Waals surface area contributed by atoms with Gasteiger partial charge in [-0.25, -0.2) is 4.79 Å². The molecule has 0 N–H and O–H groups in total. The van der Waals surface area contributed by atoms with Crippen LogP contribution in [0.15, 0.2) is 27.4 Å². The molecule has 24 heavy (non-hydrogen) atoms. The van der Waals surface area contributed by atoms with Crippen molar-refractivity contribution in [2.75, 3.05) is 18.8 Å². The maximum Gasteiger partial charge on any atom is 0.336 e. The van der Waals surface area contributed by atoms with Crippen LogP contribution in [0.3, 0.4) is 0 Å². The number of thioether (sulfide) groups is 1. The van der Waals surface area contributed by atoms with Crippen molar-refractivity contribution in [3.05, 3.63) is 45.3 Å². The van der Waals surface area contributed by atoms with Crippen LogP contribution >= 0.6 is 11.8 Å². The van der Waals surface area contributed by atoms with E-state index in [4.69, 9.17) is 4.42 Å². The zero-order valence-corrected chi connectivity index (χ0v) is 15.1. The fourth-order valence-electron chi connectivity index (χ4n) is 3.09. The lowest BCUT2D eigenvalue weighted by Gasteiger charge is -2.26. The van der Waals surface area contributed by atoms with E-state index in [1.165, 1.54) is 12.0 Å². The van der Waals surface area contributed by atoms with Crippen LogP contribution in [0.5, 0.6) is 0 Å². The van der Waals surface area contributed by atoms with Crippen molar-refractivity contribution in [2.45, 2.75) is 38.9 Å². The molecule has 128 valence electrons. The van der Waals surface area contributed by atoms with Crippen molar-refractivity contribution in [2.24, 2.45) is 0 Å². The number of carbonyl (C=O) groups excluding carboxylic acids is 1. The van der Waals surface area contributed by atoms with Gasteiger partial charge in [0.15, 0.2) is 0 Å². The van der Waals surface area contributed by atoms with Crippen molar-refractivity contribution in [3.8, 4) is 0 Å². The summed E-state index contributed by atoms with van der Waals surface area (Å²) < 4.78 is 5.32. The summed E-state index contributed by atoms with van der Waals surface area (Å²) in [6, 6.07) is 5.53. The highest BCUT2D eigenvalue weighted by Gasteiger charge is 2.16. The standard InChI is InChI=1S/C19H23NO3S/c1-13-8-16-15(10-19(22)23-17(16)9-14(13)2)11-24-12-18(21)20-6-4-3-5-7-20/h8-10H,3-7,11-12H2,1-2H3. The van der Waals surface area contributed by atoms with Gasteiger partial charge in [0.25, 0.3) is 0 Å². The van der Waals surface area contributed by atoms with Gasteiger partial charge in [-0.15, -0.1) is 11.8 Å². The number of benzene rings is 1. The number of hydrogen-bond acceptors (Lipinski definition) is 4. The van der Waals surface area contributed by atoms with E-state index in [9.17, 15) is 9.59 Å². The number of carbonyl (C=O) groups is 1. The maximum atomic E-state index is 12.2. The molecule has 5 heteroatoms. The first-order valence-corrected chi connectivity index (χ1v) is 9.59. The molecule has 1 aromatic carbocycles. The fraction of sp³-hybridized carbons (Fsp3) is 0.474. The van der Waals surface area contributed by atoms with Gasteiger partial charge in [0.1, 0.15) is 5.58 Å². The SMILES string of the molecule is Cc1cc2oc(=O)cc(CSCC(=O)N3CCCCC3)c2cc1C. The van der Waals surface area contributed by atoms with E-state index in [0.717, 1.165) is 42.4 Å². The molecule has 0 spiro atoms. The van der Waals surface area contributed by atoms with Crippen LogP contribution in [-0.4, -0.2) is 29.6 Å². The molecule has 1 fully saturated rings. The molecule has 0 radical (unpaired) electrons. The third-order valence-corrected chi connectivity index (χ3v) is 5.60. The Labute approximate surface area is 146 Å². The quantitative estimate of drug-likeness (QED) is 0.794. The number of rotatable bonds is 4. The molecule has 1 amide bonds. The summed E-state index contributed by atoms with van der Waals surface area (Å²) >= 11 is 1.57. The Morgan fingerprint density at radius 3 is 2.58 bits per heavy atom. The van der Waals surface area contributed by atoms with E-state index in [1.807, 2.05) is 17.9 Å². The Bertz CT molecular complexity index is 806. The van der Waals surface area contributed by atoms with Crippen molar-refractivity contribution in [1.29, 1.82) is 0 Å². The van der Waals surface area contributed by atoms with Gasteiger partial charge in [-0.1, -0.05) is 0 Å². The first-order chi connectivity index (χ1) is 11.5. The molecule has 0 unspecified atom stereocenters. The second-order valence-electron chi connectivity index (χ2n) is 6.46. The zero-order valence-electron chi connectivity index (χ0n) is 14.3. The largest absolute Gasteiger partial charge is 0.423 e. The number of amides is 1. The minimum atomic E-state index is -0.330. The van der Waals surface area contributed by atoms with Crippen LogP contribution in [0.2, 0.25) is 0 Å². The third-order valence-electron chi connectivity index (χ3n) is 4.64. The molecule has 2 aromatic rings. The van der Waals surface area contributed by atoms with Crippen molar-refractivity contribution < 1.29 is 9.21 Å². The average molecular weight is 345 g/mol. The Kier molecular flexibility index (Phi) is 5.29. The number of likely N-dealkylation sites (tertiary alicyclic amines) is 1. The zero-order chi connectivity index (χ0) is 17.1. The number of fused-ring (bicyclic) bond motifs is 1. The van der Waals surface area contributed by atoms with Gasteiger partial charge < -0.3 is 9.32 Å². The predicted molar refractivity (Wildman–Crippen MR) is 98.6 cm³/mol. The highest BCUT2D eigenvalue weighted by atomic mass is 32.2. The van der Waals surface area contributed by atoms with E-state index in [2.05, 4.69) is 13.0 Å². The molecule has 0 saturated carbocycles. The summed E-state index contributed by atoms with van der Waals surface area (Å²) in [4.78, 5) is 26.0. The van der Waals surface area contributed by atoms with Gasteiger partial charge in [0, 0.05) is 30.3 Å². The predicted octanol–water partition coefficient (Wildman–Crippen LogP) is 3.66. The molecule has 4 nitrogen and oxygen atoms in total. The minimum Gasteiger partial charge on any atom is -0.423 e. The van der Waals surface area contributed by atoms with Gasteiger partial charge >= 0.3 is 5.63 Å².